The highest BCUT2D eigenvalue weighted by Crippen LogP contribution is 2.33. The van der Waals surface area contributed by atoms with Gasteiger partial charge in [0.1, 0.15) is 5.75 Å². The number of amides is 1. The number of ether oxygens (including phenoxy) is 1. The van der Waals surface area contributed by atoms with Crippen LogP contribution in [-0.2, 0) is 14.8 Å². The summed E-state index contributed by atoms with van der Waals surface area (Å²) in [5.74, 6) is 0.209. The molecular formula is C14H22ClN3O4S. The number of rotatable bonds is 5. The maximum atomic E-state index is 12.4. The molecule has 2 rings (SSSR count). The third-order valence-corrected chi connectivity index (χ3v) is 4.97. The minimum atomic E-state index is -3.85. The standard InChI is InChI=1S/C14H21N3O4S.ClH/c1-21-13-6-5-10(22(16,19)20)7-12(13)17-14(18)11-4-2-3-9(11)8-15;/h5-7,9,11H,2-4,8,15H2,1H3,(H,17,18)(H2,16,19,20);1H/t9-,11-;/m1./s1. The molecular weight excluding hydrogens is 342 g/mol. The van der Waals surface area contributed by atoms with Gasteiger partial charge in [0.2, 0.25) is 15.9 Å². The van der Waals surface area contributed by atoms with Crippen molar-refractivity contribution in [2.75, 3.05) is 19.0 Å². The molecule has 0 radical (unpaired) electrons. The van der Waals surface area contributed by atoms with Crippen molar-refractivity contribution in [2.24, 2.45) is 22.7 Å². The quantitative estimate of drug-likeness (QED) is 0.721. The van der Waals surface area contributed by atoms with E-state index in [0.717, 1.165) is 19.3 Å². The largest absolute Gasteiger partial charge is 0.495 e. The Hall–Kier alpha value is -1.35. The smallest absolute Gasteiger partial charge is 0.238 e. The van der Waals surface area contributed by atoms with E-state index in [1.165, 1.54) is 25.3 Å². The van der Waals surface area contributed by atoms with Crippen molar-refractivity contribution in [3.05, 3.63) is 18.2 Å². The normalized spacial score (nSPS) is 20.7. The van der Waals surface area contributed by atoms with Gasteiger partial charge in [0.25, 0.3) is 0 Å². The Morgan fingerprint density at radius 3 is 2.65 bits per heavy atom. The molecule has 0 aliphatic heterocycles. The zero-order valence-corrected chi connectivity index (χ0v) is 14.5. The fourth-order valence-electron chi connectivity index (χ4n) is 2.85. The Morgan fingerprint density at radius 1 is 1.39 bits per heavy atom. The van der Waals surface area contributed by atoms with Crippen molar-refractivity contribution in [3.8, 4) is 5.75 Å². The summed E-state index contributed by atoms with van der Waals surface area (Å²) in [5.41, 5.74) is 5.99. The Balaban J connectivity index is 0.00000264. The molecule has 0 saturated heterocycles. The highest BCUT2D eigenvalue weighted by molar-refractivity contribution is 7.89. The minimum absolute atomic E-state index is 0. The number of nitrogens with one attached hydrogen (secondary N) is 1. The van der Waals surface area contributed by atoms with Gasteiger partial charge in [-0.15, -0.1) is 12.4 Å². The number of halogens is 1. The summed E-state index contributed by atoms with van der Waals surface area (Å²) in [5, 5.41) is 7.86. The molecule has 7 nitrogen and oxygen atoms in total. The van der Waals surface area contributed by atoms with Gasteiger partial charge in [0.05, 0.1) is 17.7 Å². The second-order valence-corrected chi connectivity index (χ2v) is 6.99. The van der Waals surface area contributed by atoms with Crippen LogP contribution in [-0.4, -0.2) is 28.0 Å². The molecule has 1 saturated carbocycles. The summed E-state index contributed by atoms with van der Waals surface area (Å²) in [7, 11) is -2.40. The van der Waals surface area contributed by atoms with Crippen molar-refractivity contribution in [1.29, 1.82) is 0 Å². The van der Waals surface area contributed by atoms with Gasteiger partial charge in [-0.3, -0.25) is 4.79 Å². The molecule has 1 aliphatic rings. The SMILES string of the molecule is COc1ccc(S(N)(=O)=O)cc1NC(=O)[C@@H]1CCC[C@@H]1CN.Cl. The molecule has 1 aromatic carbocycles. The average Bonchev–Trinajstić information content (AvgIpc) is 2.94. The van der Waals surface area contributed by atoms with Gasteiger partial charge in [0.15, 0.2) is 0 Å². The molecule has 130 valence electrons. The van der Waals surface area contributed by atoms with E-state index in [4.69, 9.17) is 15.6 Å². The number of hydrogen-bond acceptors (Lipinski definition) is 5. The first kappa shape index (κ1) is 19.7. The van der Waals surface area contributed by atoms with Gasteiger partial charge in [-0.05, 0) is 43.5 Å². The zero-order valence-electron chi connectivity index (χ0n) is 12.8. The van der Waals surface area contributed by atoms with E-state index in [1.54, 1.807) is 0 Å². The Labute approximate surface area is 142 Å². The van der Waals surface area contributed by atoms with Gasteiger partial charge < -0.3 is 15.8 Å². The van der Waals surface area contributed by atoms with Gasteiger partial charge in [-0.1, -0.05) is 6.42 Å². The van der Waals surface area contributed by atoms with Crippen LogP contribution < -0.4 is 20.9 Å². The lowest BCUT2D eigenvalue weighted by Crippen LogP contribution is -2.30. The van der Waals surface area contributed by atoms with E-state index in [1.807, 2.05) is 0 Å². The number of methoxy groups -OCH3 is 1. The van der Waals surface area contributed by atoms with Gasteiger partial charge in [-0.25, -0.2) is 13.6 Å². The number of primary sulfonamides is 1. The molecule has 0 heterocycles. The van der Waals surface area contributed by atoms with Crippen molar-refractivity contribution in [2.45, 2.75) is 24.2 Å². The molecule has 1 amide bonds. The molecule has 0 bridgehead atoms. The molecule has 9 heteroatoms. The fourth-order valence-corrected chi connectivity index (χ4v) is 3.39. The molecule has 2 atom stereocenters. The highest BCUT2D eigenvalue weighted by atomic mass is 35.5. The number of nitrogens with two attached hydrogens (primary N) is 2. The van der Waals surface area contributed by atoms with E-state index in [2.05, 4.69) is 5.32 Å². The first-order valence-electron chi connectivity index (χ1n) is 7.08. The maximum absolute atomic E-state index is 12.4. The van der Waals surface area contributed by atoms with Gasteiger partial charge in [0, 0.05) is 5.92 Å². The topological polar surface area (TPSA) is 125 Å². The third-order valence-electron chi connectivity index (χ3n) is 4.06. The zero-order chi connectivity index (χ0) is 16.3. The van der Waals surface area contributed by atoms with E-state index < -0.39 is 10.0 Å². The Kier molecular flexibility index (Phi) is 6.82. The van der Waals surface area contributed by atoms with Crippen LogP contribution in [0.2, 0.25) is 0 Å². The molecule has 0 spiro atoms. The van der Waals surface area contributed by atoms with Crippen molar-refractivity contribution in [3.63, 3.8) is 0 Å². The van der Waals surface area contributed by atoms with Crippen LogP contribution in [0, 0.1) is 11.8 Å². The summed E-state index contributed by atoms with van der Waals surface area (Å²) in [6, 6.07) is 4.10. The second kappa shape index (κ2) is 7.96. The molecule has 5 N–H and O–H groups in total. The maximum Gasteiger partial charge on any atom is 0.238 e. The van der Waals surface area contributed by atoms with Gasteiger partial charge in [-0.2, -0.15) is 0 Å². The Morgan fingerprint density at radius 2 is 2.09 bits per heavy atom. The monoisotopic (exact) mass is 363 g/mol. The average molecular weight is 364 g/mol. The summed E-state index contributed by atoms with van der Waals surface area (Å²) in [4.78, 5) is 12.3. The first-order valence-corrected chi connectivity index (χ1v) is 8.63. The predicted molar refractivity (Wildman–Crippen MR) is 90.1 cm³/mol. The van der Waals surface area contributed by atoms with Crippen LogP contribution in [0.15, 0.2) is 23.1 Å². The number of sulfonamides is 1. The van der Waals surface area contributed by atoms with E-state index in [-0.39, 0.29) is 35.0 Å². The number of hydrogen-bond donors (Lipinski definition) is 3. The summed E-state index contributed by atoms with van der Waals surface area (Å²) < 4.78 is 28.0. The van der Waals surface area contributed by atoms with Crippen LogP contribution in [0.4, 0.5) is 5.69 Å². The molecule has 23 heavy (non-hydrogen) atoms. The van der Waals surface area contributed by atoms with Crippen molar-refractivity contribution < 1.29 is 17.9 Å². The molecule has 1 aromatic rings. The van der Waals surface area contributed by atoms with Crippen LogP contribution >= 0.6 is 12.4 Å². The number of carbonyl (C=O) groups is 1. The lowest BCUT2D eigenvalue weighted by molar-refractivity contribution is -0.120. The number of anilines is 1. The first-order chi connectivity index (χ1) is 10.4. The number of benzene rings is 1. The van der Waals surface area contributed by atoms with E-state index >= 15 is 0 Å². The predicted octanol–water partition coefficient (Wildman–Crippen LogP) is 1.08. The highest BCUT2D eigenvalue weighted by Gasteiger charge is 2.32. The molecule has 0 unspecified atom stereocenters. The van der Waals surface area contributed by atoms with Crippen LogP contribution in [0.3, 0.4) is 0 Å². The summed E-state index contributed by atoms with van der Waals surface area (Å²) in [6.07, 6.45) is 2.68. The lowest BCUT2D eigenvalue weighted by Gasteiger charge is -2.18. The van der Waals surface area contributed by atoms with Crippen LogP contribution in [0.25, 0.3) is 0 Å². The minimum Gasteiger partial charge on any atom is -0.495 e. The van der Waals surface area contributed by atoms with Gasteiger partial charge >= 0.3 is 0 Å². The van der Waals surface area contributed by atoms with Crippen LogP contribution in [0.5, 0.6) is 5.75 Å². The molecule has 1 fully saturated rings. The summed E-state index contributed by atoms with van der Waals surface area (Å²) >= 11 is 0. The summed E-state index contributed by atoms with van der Waals surface area (Å²) in [6.45, 7) is 0.465. The van der Waals surface area contributed by atoms with Crippen molar-refractivity contribution >= 4 is 34.0 Å². The van der Waals surface area contributed by atoms with E-state index in [0.29, 0.717) is 18.0 Å². The fraction of sp³-hybridized carbons (Fsp3) is 0.500. The molecule has 0 aromatic heterocycles. The second-order valence-electron chi connectivity index (χ2n) is 5.43. The van der Waals surface area contributed by atoms with E-state index in [9.17, 15) is 13.2 Å². The number of carbonyl (C=O) groups excluding carboxylic acids is 1. The molecule has 1 aliphatic carbocycles. The van der Waals surface area contributed by atoms with Crippen LogP contribution in [0.1, 0.15) is 19.3 Å². The van der Waals surface area contributed by atoms with Crippen molar-refractivity contribution in [1.82, 2.24) is 0 Å². The Bertz CT molecular complexity index is 666. The third kappa shape index (κ3) is 4.57. The lowest BCUT2D eigenvalue weighted by atomic mass is 9.95.